The summed E-state index contributed by atoms with van der Waals surface area (Å²) in [5.41, 5.74) is 0.245. The van der Waals surface area contributed by atoms with E-state index in [9.17, 15) is 18.0 Å². The molecule has 0 bridgehead atoms. The van der Waals surface area contributed by atoms with Gasteiger partial charge in [0.05, 0.1) is 0 Å². The number of carbonyl (C=O) groups is 1. The van der Waals surface area contributed by atoms with Gasteiger partial charge < -0.3 is 4.74 Å². The van der Waals surface area contributed by atoms with Gasteiger partial charge in [0.25, 0.3) is 0 Å². The minimum Gasteiger partial charge on any atom is -0.351 e. The third kappa shape index (κ3) is 2.02. The number of hydrogen-bond donors (Lipinski definition) is 0. The van der Waals surface area contributed by atoms with E-state index in [-0.39, 0.29) is 5.56 Å². The highest BCUT2D eigenvalue weighted by molar-refractivity contribution is 6.01. The van der Waals surface area contributed by atoms with E-state index in [1.807, 2.05) is 0 Å². The molecule has 1 heterocycles. The predicted octanol–water partition coefficient (Wildman–Crippen LogP) is 2.20. The van der Waals surface area contributed by atoms with Gasteiger partial charge >= 0.3 is 6.18 Å². The number of carbonyl (C=O) groups excluding carboxylic acids is 1. The van der Waals surface area contributed by atoms with Gasteiger partial charge in [0.1, 0.15) is 0 Å². The van der Waals surface area contributed by atoms with Crippen LogP contribution in [0.5, 0.6) is 0 Å². The molecule has 0 aromatic heterocycles. The molecule has 0 N–H and O–H groups in total. The maximum absolute atomic E-state index is 12.1. The van der Waals surface area contributed by atoms with E-state index >= 15 is 0 Å². The lowest BCUT2D eigenvalue weighted by Crippen LogP contribution is -2.22. The van der Waals surface area contributed by atoms with Crippen LogP contribution in [0.2, 0.25) is 0 Å². The molecule has 0 saturated carbocycles. The summed E-state index contributed by atoms with van der Waals surface area (Å²) in [6.45, 7) is 0. The number of ketones is 1. The smallest absolute Gasteiger partial charge is 0.351 e. The fourth-order valence-corrected chi connectivity index (χ4v) is 1.33. The molecule has 2 rings (SSSR count). The highest BCUT2D eigenvalue weighted by Crippen LogP contribution is 2.39. The zero-order valence-corrected chi connectivity index (χ0v) is 7.49. The normalized spacial score (nSPS) is 25.0. The Bertz CT molecular complexity index is 372. The number of hydrogen-bond acceptors (Lipinski definition) is 2. The van der Waals surface area contributed by atoms with E-state index in [1.54, 1.807) is 18.2 Å². The summed E-state index contributed by atoms with van der Waals surface area (Å²) in [6.07, 6.45) is -7.73. The van der Waals surface area contributed by atoms with Crippen LogP contribution in [0.15, 0.2) is 30.3 Å². The summed E-state index contributed by atoms with van der Waals surface area (Å²) < 4.78 is 40.6. The first-order chi connectivity index (χ1) is 7.00. The van der Waals surface area contributed by atoms with Crippen LogP contribution in [0, 0.1) is 0 Å². The van der Waals surface area contributed by atoms with Crippen molar-refractivity contribution in [2.75, 3.05) is 0 Å². The van der Waals surface area contributed by atoms with Crippen LogP contribution >= 0.6 is 0 Å². The molecule has 1 aliphatic heterocycles. The summed E-state index contributed by atoms with van der Waals surface area (Å²) >= 11 is 0. The molecule has 0 spiro atoms. The molecule has 1 aromatic carbocycles. The molecule has 0 amide bonds. The lowest BCUT2D eigenvalue weighted by atomic mass is 10.1. The molecule has 2 nitrogen and oxygen atoms in total. The van der Waals surface area contributed by atoms with Crippen molar-refractivity contribution in [2.24, 2.45) is 0 Å². The minimum absolute atomic E-state index is 0.245. The largest absolute Gasteiger partial charge is 0.417 e. The number of alkyl halides is 3. The molecule has 15 heavy (non-hydrogen) atoms. The summed E-state index contributed by atoms with van der Waals surface area (Å²) in [5.74, 6) is -0.613. The fourth-order valence-electron chi connectivity index (χ4n) is 1.33. The SMILES string of the molecule is O=C(c1ccccc1)C1OC1C(F)(F)F. The van der Waals surface area contributed by atoms with Gasteiger partial charge in [-0.1, -0.05) is 30.3 Å². The van der Waals surface area contributed by atoms with E-state index in [2.05, 4.69) is 4.74 Å². The molecule has 0 aliphatic carbocycles. The van der Waals surface area contributed by atoms with Crippen LogP contribution in [-0.2, 0) is 4.74 Å². The second-order valence-corrected chi connectivity index (χ2v) is 3.25. The van der Waals surface area contributed by atoms with Crippen LogP contribution in [0.3, 0.4) is 0 Å². The van der Waals surface area contributed by atoms with E-state index < -0.39 is 24.2 Å². The quantitative estimate of drug-likeness (QED) is 0.560. The lowest BCUT2D eigenvalue weighted by molar-refractivity contribution is -0.146. The van der Waals surface area contributed by atoms with Crippen molar-refractivity contribution in [2.45, 2.75) is 18.4 Å². The van der Waals surface area contributed by atoms with E-state index in [0.717, 1.165) is 0 Å². The van der Waals surface area contributed by atoms with Gasteiger partial charge in [-0.25, -0.2) is 0 Å². The maximum atomic E-state index is 12.1. The van der Waals surface area contributed by atoms with Crippen LogP contribution in [0.1, 0.15) is 10.4 Å². The van der Waals surface area contributed by atoms with Crippen LogP contribution in [-0.4, -0.2) is 24.2 Å². The van der Waals surface area contributed by atoms with Crippen molar-refractivity contribution >= 4 is 5.78 Å². The molecule has 0 radical (unpaired) electrons. The third-order valence-corrected chi connectivity index (χ3v) is 2.13. The zero-order chi connectivity index (χ0) is 11.1. The van der Waals surface area contributed by atoms with E-state index in [4.69, 9.17) is 0 Å². The minimum atomic E-state index is -4.45. The predicted molar refractivity (Wildman–Crippen MR) is 45.5 cm³/mol. The number of halogens is 3. The van der Waals surface area contributed by atoms with Gasteiger partial charge in [-0.05, 0) is 0 Å². The molecular weight excluding hydrogens is 209 g/mol. The van der Waals surface area contributed by atoms with Gasteiger partial charge in [0, 0.05) is 5.56 Å². The number of ether oxygens (including phenoxy) is 1. The number of benzene rings is 1. The van der Waals surface area contributed by atoms with E-state index in [0.29, 0.717) is 0 Å². The highest BCUT2D eigenvalue weighted by atomic mass is 19.4. The Balaban J connectivity index is 2.07. The summed E-state index contributed by atoms with van der Waals surface area (Å²) in [6, 6.07) is 7.82. The lowest BCUT2D eigenvalue weighted by Gasteiger charge is -2.00. The first-order valence-corrected chi connectivity index (χ1v) is 4.31. The molecule has 2 unspecified atom stereocenters. The molecule has 1 aliphatic rings. The van der Waals surface area contributed by atoms with Crippen molar-refractivity contribution in [3.63, 3.8) is 0 Å². The van der Waals surface area contributed by atoms with Crippen molar-refractivity contribution < 1.29 is 22.7 Å². The number of epoxide rings is 1. The molecular formula is C10H7F3O2. The maximum Gasteiger partial charge on any atom is 0.417 e. The van der Waals surface area contributed by atoms with E-state index in [1.165, 1.54) is 12.1 Å². The second-order valence-electron chi connectivity index (χ2n) is 3.25. The second kappa shape index (κ2) is 3.34. The standard InChI is InChI=1S/C10H7F3O2/c11-10(12,13)9-8(15-9)7(14)6-4-2-1-3-5-6/h1-5,8-9H. The first kappa shape index (κ1) is 10.2. The first-order valence-electron chi connectivity index (χ1n) is 4.31. The molecule has 2 atom stereocenters. The monoisotopic (exact) mass is 216 g/mol. The number of Topliss-reactive ketones (excluding diaryl/α,β-unsaturated/α-hetero) is 1. The van der Waals surface area contributed by atoms with Gasteiger partial charge in [-0.2, -0.15) is 13.2 Å². The molecule has 1 aromatic rings. The summed E-state index contributed by atoms with van der Waals surface area (Å²) in [7, 11) is 0. The molecule has 5 heteroatoms. The third-order valence-electron chi connectivity index (χ3n) is 2.13. The van der Waals surface area contributed by atoms with Gasteiger partial charge in [-0.3, -0.25) is 4.79 Å². The summed E-state index contributed by atoms with van der Waals surface area (Å²) in [5, 5.41) is 0. The van der Waals surface area contributed by atoms with Crippen LogP contribution < -0.4 is 0 Å². The van der Waals surface area contributed by atoms with Gasteiger partial charge in [0.15, 0.2) is 18.0 Å². The fraction of sp³-hybridized carbons (Fsp3) is 0.300. The summed E-state index contributed by atoms with van der Waals surface area (Å²) in [4.78, 5) is 11.4. The molecule has 1 saturated heterocycles. The van der Waals surface area contributed by atoms with Gasteiger partial charge in [-0.15, -0.1) is 0 Å². The zero-order valence-electron chi connectivity index (χ0n) is 7.49. The average Bonchev–Trinajstić information content (AvgIpc) is 2.97. The van der Waals surface area contributed by atoms with Crippen LogP contribution in [0.4, 0.5) is 13.2 Å². The Morgan fingerprint density at radius 3 is 2.27 bits per heavy atom. The highest BCUT2D eigenvalue weighted by Gasteiger charge is 2.61. The molecule has 1 fully saturated rings. The Kier molecular flexibility index (Phi) is 2.26. The average molecular weight is 216 g/mol. The Morgan fingerprint density at radius 2 is 1.80 bits per heavy atom. The van der Waals surface area contributed by atoms with Gasteiger partial charge in [0.2, 0.25) is 0 Å². The van der Waals surface area contributed by atoms with Crippen LogP contribution in [0.25, 0.3) is 0 Å². The Morgan fingerprint density at radius 1 is 1.20 bits per heavy atom. The van der Waals surface area contributed by atoms with Crippen molar-refractivity contribution in [3.8, 4) is 0 Å². The van der Waals surface area contributed by atoms with Crippen molar-refractivity contribution in [1.29, 1.82) is 0 Å². The number of rotatable bonds is 2. The Labute approximate surface area is 83.7 Å². The topological polar surface area (TPSA) is 29.6 Å². The Hall–Kier alpha value is -1.36. The van der Waals surface area contributed by atoms with Crippen molar-refractivity contribution in [1.82, 2.24) is 0 Å². The molecule has 80 valence electrons. The van der Waals surface area contributed by atoms with Crippen molar-refractivity contribution in [3.05, 3.63) is 35.9 Å².